The number of nitrogens with one attached hydrogen (secondary N) is 1. The van der Waals surface area contributed by atoms with Gasteiger partial charge in [0.05, 0.1) is 6.04 Å². The lowest BCUT2D eigenvalue weighted by Gasteiger charge is -2.15. The molecule has 108 valence electrons. The third-order valence-corrected chi connectivity index (χ3v) is 4.13. The molecular weight excluding hydrogens is 340 g/mol. The molecule has 0 aliphatic heterocycles. The minimum atomic E-state index is -0.870. The van der Waals surface area contributed by atoms with Crippen molar-refractivity contribution in [2.24, 2.45) is 0 Å². The van der Waals surface area contributed by atoms with Gasteiger partial charge in [-0.25, -0.2) is 8.78 Å². The normalized spacial score (nSPS) is 16.6. The third kappa shape index (κ3) is 2.70. The van der Waals surface area contributed by atoms with Crippen LogP contribution >= 0.6 is 15.9 Å². The molecule has 0 spiro atoms. The van der Waals surface area contributed by atoms with E-state index in [-0.39, 0.29) is 10.5 Å². The van der Waals surface area contributed by atoms with Crippen LogP contribution in [-0.2, 0) is 6.42 Å². The van der Waals surface area contributed by atoms with Crippen LogP contribution in [0.4, 0.5) is 8.78 Å². The van der Waals surface area contributed by atoms with Gasteiger partial charge >= 0.3 is 0 Å². The smallest absolute Gasteiger partial charge is 0.257 e. The van der Waals surface area contributed by atoms with Gasteiger partial charge in [-0.2, -0.15) is 0 Å². The Morgan fingerprint density at radius 2 is 1.86 bits per heavy atom. The van der Waals surface area contributed by atoms with Crippen molar-refractivity contribution in [1.29, 1.82) is 0 Å². The van der Waals surface area contributed by atoms with E-state index in [9.17, 15) is 13.6 Å². The summed E-state index contributed by atoms with van der Waals surface area (Å²) in [5.74, 6) is -2.46. The van der Waals surface area contributed by atoms with Gasteiger partial charge in [-0.1, -0.05) is 40.2 Å². The lowest BCUT2D eigenvalue weighted by atomic mass is 10.1. The van der Waals surface area contributed by atoms with E-state index in [0.29, 0.717) is 0 Å². The van der Waals surface area contributed by atoms with Crippen LogP contribution in [0, 0.1) is 11.6 Å². The Morgan fingerprint density at radius 1 is 1.19 bits per heavy atom. The summed E-state index contributed by atoms with van der Waals surface area (Å²) in [6, 6.07) is 9.74. The maximum Gasteiger partial charge on any atom is 0.257 e. The van der Waals surface area contributed by atoms with Crippen LogP contribution in [0.1, 0.15) is 33.9 Å². The molecule has 1 unspecified atom stereocenters. The molecular formula is C16H12BrF2NO. The summed E-state index contributed by atoms with van der Waals surface area (Å²) in [6.45, 7) is 0. The first-order valence-corrected chi connectivity index (χ1v) is 7.39. The Kier molecular flexibility index (Phi) is 3.76. The highest BCUT2D eigenvalue weighted by molar-refractivity contribution is 9.10. The number of carbonyl (C=O) groups excluding carboxylic acids is 1. The molecule has 1 atom stereocenters. The molecule has 0 bridgehead atoms. The van der Waals surface area contributed by atoms with Gasteiger partial charge in [0.2, 0.25) is 0 Å². The molecule has 1 aliphatic carbocycles. The second kappa shape index (κ2) is 5.56. The van der Waals surface area contributed by atoms with Crippen molar-refractivity contribution in [3.63, 3.8) is 0 Å². The minimum absolute atomic E-state index is 0.198. The molecule has 0 fully saturated rings. The Labute approximate surface area is 129 Å². The van der Waals surface area contributed by atoms with E-state index >= 15 is 0 Å². The first-order valence-electron chi connectivity index (χ1n) is 6.59. The van der Waals surface area contributed by atoms with E-state index in [1.54, 1.807) is 0 Å². The van der Waals surface area contributed by atoms with Gasteiger partial charge in [-0.05, 0) is 36.1 Å². The van der Waals surface area contributed by atoms with Gasteiger partial charge in [0.15, 0.2) is 0 Å². The fraction of sp³-hybridized carbons (Fsp3) is 0.188. The highest BCUT2D eigenvalue weighted by Gasteiger charge is 2.26. The van der Waals surface area contributed by atoms with Crippen LogP contribution in [0.15, 0.2) is 40.9 Å². The molecule has 0 saturated carbocycles. The maximum atomic E-state index is 13.8. The summed E-state index contributed by atoms with van der Waals surface area (Å²) in [7, 11) is 0. The molecule has 5 heteroatoms. The van der Waals surface area contributed by atoms with Gasteiger partial charge in [-0.15, -0.1) is 0 Å². The van der Waals surface area contributed by atoms with Crippen molar-refractivity contribution in [3.05, 3.63) is 69.2 Å². The molecule has 1 N–H and O–H groups in total. The summed E-state index contributed by atoms with van der Waals surface area (Å²) >= 11 is 2.99. The summed E-state index contributed by atoms with van der Waals surface area (Å²) in [4.78, 5) is 12.2. The Morgan fingerprint density at radius 3 is 2.57 bits per heavy atom. The summed E-state index contributed by atoms with van der Waals surface area (Å²) in [5, 5.41) is 2.72. The van der Waals surface area contributed by atoms with E-state index in [4.69, 9.17) is 0 Å². The summed E-state index contributed by atoms with van der Waals surface area (Å²) < 4.78 is 27.9. The second-order valence-corrected chi connectivity index (χ2v) is 5.92. The molecule has 2 aromatic carbocycles. The summed E-state index contributed by atoms with van der Waals surface area (Å²) in [6.07, 6.45) is 1.59. The molecule has 0 aromatic heterocycles. The van der Waals surface area contributed by atoms with Gasteiger partial charge < -0.3 is 5.32 Å². The first kappa shape index (κ1) is 14.2. The zero-order valence-electron chi connectivity index (χ0n) is 11.0. The lowest BCUT2D eigenvalue weighted by molar-refractivity contribution is 0.0928. The average molecular weight is 352 g/mol. The third-order valence-electron chi connectivity index (χ3n) is 3.67. The van der Waals surface area contributed by atoms with Crippen LogP contribution in [0.2, 0.25) is 0 Å². The van der Waals surface area contributed by atoms with E-state index in [1.165, 1.54) is 5.56 Å². The fourth-order valence-corrected chi connectivity index (χ4v) is 3.10. The van der Waals surface area contributed by atoms with Crippen LogP contribution < -0.4 is 5.32 Å². The highest BCUT2D eigenvalue weighted by Crippen LogP contribution is 2.31. The molecule has 1 aliphatic rings. The molecule has 0 radical (unpaired) electrons. The second-order valence-electron chi connectivity index (χ2n) is 5.01. The first-order chi connectivity index (χ1) is 10.1. The van der Waals surface area contributed by atoms with Crippen molar-refractivity contribution in [2.75, 3.05) is 0 Å². The van der Waals surface area contributed by atoms with Gasteiger partial charge in [0.1, 0.15) is 17.2 Å². The zero-order valence-corrected chi connectivity index (χ0v) is 12.6. The fourth-order valence-electron chi connectivity index (χ4n) is 2.70. The van der Waals surface area contributed by atoms with E-state index < -0.39 is 23.1 Å². The number of aryl methyl sites for hydroxylation is 1. The quantitative estimate of drug-likeness (QED) is 0.865. The number of carbonyl (C=O) groups is 1. The Bertz CT molecular complexity index is 694. The van der Waals surface area contributed by atoms with Crippen molar-refractivity contribution in [1.82, 2.24) is 5.32 Å². The lowest BCUT2D eigenvalue weighted by Crippen LogP contribution is -2.28. The number of amides is 1. The van der Waals surface area contributed by atoms with Crippen molar-refractivity contribution in [3.8, 4) is 0 Å². The predicted octanol–water partition coefficient (Wildman–Crippen LogP) is 4.14. The van der Waals surface area contributed by atoms with Gasteiger partial charge in [-0.3, -0.25) is 4.79 Å². The average Bonchev–Trinajstić information content (AvgIpc) is 2.81. The van der Waals surface area contributed by atoms with Crippen LogP contribution in [0.3, 0.4) is 0 Å². The van der Waals surface area contributed by atoms with Crippen molar-refractivity contribution < 1.29 is 13.6 Å². The molecule has 0 saturated heterocycles. The van der Waals surface area contributed by atoms with Crippen molar-refractivity contribution >= 4 is 21.8 Å². The Hall–Kier alpha value is -1.75. The van der Waals surface area contributed by atoms with E-state index in [0.717, 1.165) is 30.5 Å². The molecule has 1 amide bonds. The predicted molar refractivity (Wildman–Crippen MR) is 79.0 cm³/mol. The number of rotatable bonds is 2. The van der Waals surface area contributed by atoms with Crippen molar-refractivity contribution in [2.45, 2.75) is 18.9 Å². The highest BCUT2D eigenvalue weighted by atomic mass is 79.9. The van der Waals surface area contributed by atoms with E-state index in [1.807, 2.05) is 24.3 Å². The number of hydrogen-bond acceptors (Lipinski definition) is 1. The van der Waals surface area contributed by atoms with Crippen LogP contribution in [0.5, 0.6) is 0 Å². The van der Waals surface area contributed by atoms with Crippen LogP contribution in [0.25, 0.3) is 0 Å². The number of fused-ring (bicyclic) bond motifs is 1. The van der Waals surface area contributed by atoms with Gasteiger partial charge in [0, 0.05) is 4.47 Å². The molecule has 0 heterocycles. The number of hydrogen-bond donors (Lipinski definition) is 1. The van der Waals surface area contributed by atoms with E-state index in [2.05, 4.69) is 21.2 Å². The largest absolute Gasteiger partial charge is 0.345 e. The molecule has 2 nitrogen and oxygen atoms in total. The molecule has 3 rings (SSSR count). The Balaban J connectivity index is 1.86. The number of halogens is 3. The zero-order chi connectivity index (χ0) is 15.0. The monoisotopic (exact) mass is 351 g/mol. The van der Waals surface area contributed by atoms with Gasteiger partial charge in [0.25, 0.3) is 5.91 Å². The summed E-state index contributed by atoms with van der Waals surface area (Å²) in [5.41, 5.74) is 1.64. The molecule has 2 aromatic rings. The minimum Gasteiger partial charge on any atom is -0.345 e. The van der Waals surface area contributed by atoms with Crippen LogP contribution in [-0.4, -0.2) is 5.91 Å². The standard InChI is InChI=1S/C16H12BrF2NO/c17-10-7-12(18)15(13(19)8-10)16(21)20-14-6-5-9-3-1-2-4-11(9)14/h1-4,7-8,14H,5-6H2,(H,20,21). The number of benzene rings is 2. The topological polar surface area (TPSA) is 29.1 Å². The molecule has 21 heavy (non-hydrogen) atoms. The SMILES string of the molecule is O=C(NC1CCc2ccccc21)c1c(F)cc(Br)cc1F. The maximum absolute atomic E-state index is 13.8.